The molecule has 4 rings (SSSR count). The zero-order valence-electron chi connectivity index (χ0n) is 20.4. The van der Waals surface area contributed by atoms with Crippen LogP contribution in [-0.4, -0.2) is 52.6 Å². The topological polar surface area (TPSA) is 196 Å². The van der Waals surface area contributed by atoms with Crippen molar-refractivity contribution in [1.82, 2.24) is 9.97 Å². The first-order valence-electron chi connectivity index (χ1n) is 10.3. The molecule has 4 aromatic rings. The third-order valence-corrected chi connectivity index (χ3v) is 6.00. The molecule has 0 spiro atoms. The van der Waals surface area contributed by atoms with Crippen molar-refractivity contribution in [2.45, 2.75) is 9.79 Å². The van der Waals surface area contributed by atoms with E-state index in [1.807, 2.05) is 0 Å². The summed E-state index contributed by atoms with van der Waals surface area (Å²) in [5, 5.41) is 44.3. The molecule has 0 saturated carbocycles. The molecule has 1 aromatic heterocycles. The first kappa shape index (κ1) is 34.5. The number of hydrogen-bond acceptors (Lipinski definition) is 13. The van der Waals surface area contributed by atoms with Gasteiger partial charge in [-0.1, -0.05) is 29.3 Å². The number of nitrogens with zero attached hydrogens (tertiary/aromatic N) is 4. The molecule has 0 amide bonds. The smallest absolute Gasteiger partial charge is 0.294 e. The maximum Gasteiger partial charge on any atom is 0.294 e. The number of hydrogen-bond donors (Lipinski definition) is 5. The zero-order chi connectivity index (χ0) is 29.0. The molecule has 18 heteroatoms. The van der Waals surface area contributed by atoms with Gasteiger partial charge in [-0.3, -0.25) is 8.94 Å². The summed E-state index contributed by atoms with van der Waals surface area (Å²) < 4.78 is 58.0. The number of phenols is 2. The number of azo groups is 1. The van der Waals surface area contributed by atoms with Crippen LogP contribution in [0.2, 0.25) is 0 Å². The average molecular weight is 649 g/mol. The van der Waals surface area contributed by atoms with Crippen LogP contribution >= 0.6 is 12.0 Å². The Balaban J connectivity index is 0.000000688. The van der Waals surface area contributed by atoms with E-state index in [1.165, 1.54) is 19.3 Å². The SMILES string of the molecule is CF.CNc1cc(S(=O)(=O)O)cc(N=Nc2c(SOOO)cc3ccccc3c2O)c1O.Fc1ccncn1.[Cu]. The summed E-state index contributed by atoms with van der Waals surface area (Å²) in [4.78, 5) is 6.37. The maximum absolute atomic E-state index is 11.8. The monoisotopic (exact) mass is 648 g/mol. The van der Waals surface area contributed by atoms with Crippen LogP contribution in [0.3, 0.4) is 0 Å². The molecular weight excluding hydrogens is 628 g/mol. The van der Waals surface area contributed by atoms with Crippen molar-refractivity contribution in [3.8, 4) is 11.5 Å². The van der Waals surface area contributed by atoms with Crippen molar-refractivity contribution in [2.24, 2.45) is 10.2 Å². The van der Waals surface area contributed by atoms with Crippen LogP contribution in [0.1, 0.15) is 0 Å². The summed E-state index contributed by atoms with van der Waals surface area (Å²) in [5.74, 6) is -1.20. The van der Waals surface area contributed by atoms with Crippen molar-refractivity contribution in [3.63, 3.8) is 0 Å². The van der Waals surface area contributed by atoms with Gasteiger partial charge in [-0.05, 0) is 23.6 Å². The second-order valence-electron chi connectivity index (χ2n) is 6.81. The second kappa shape index (κ2) is 16.6. The number of nitrogens with one attached hydrogen (secondary N) is 1. The minimum Gasteiger partial charge on any atom is -0.505 e. The second-order valence-corrected chi connectivity index (χ2v) is 8.98. The Morgan fingerprint density at radius 2 is 1.75 bits per heavy atom. The van der Waals surface area contributed by atoms with Gasteiger partial charge in [0.2, 0.25) is 5.95 Å². The van der Waals surface area contributed by atoms with Crippen LogP contribution in [0.5, 0.6) is 11.5 Å². The molecule has 0 fully saturated rings. The maximum atomic E-state index is 11.8. The van der Waals surface area contributed by atoms with Gasteiger partial charge in [0, 0.05) is 41.8 Å². The van der Waals surface area contributed by atoms with Gasteiger partial charge in [-0.2, -0.15) is 12.8 Å². The van der Waals surface area contributed by atoms with Crippen LogP contribution in [0.4, 0.5) is 25.8 Å². The number of fused-ring (bicyclic) bond motifs is 1. The largest absolute Gasteiger partial charge is 0.505 e. The molecule has 0 atom stereocenters. The number of aromatic nitrogens is 2. The summed E-state index contributed by atoms with van der Waals surface area (Å²) in [6.07, 6.45) is 2.51. The van der Waals surface area contributed by atoms with Crippen LogP contribution < -0.4 is 5.32 Å². The van der Waals surface area contributed by atoms with E-state index < -0.39 is 26.7 Å². The summed E-state index contributed by atoms with van der Waals surface area (Å²) in [5.41, 5.74) is -0.413. The van der Waals surface area contributed by atoms with Crippen molar-refractivity contribution in [3.05, 3.63) is 67.0 Å². The molecule has 0 bridgehead atoms. The normalized spacial score (nSPS) is 10.7. The van der Waals surface area contributed by atoms with E-state index >= 15 is 0 Å². The van der Waals surface area contributed by atoms with Gasteiger partial charge in [0.05, 0.1) is 34.7 Å². The molecule has 0 unspecified atom stereocenters. The Hall–Kier alpha value is -3.48. The average Bonchev–Trinajstić information content (AvgIpc) is 2.93. The molecule has 0 aliphatic heterocycles. The van der Waals surface area contributed by atoms with Gasteiger partial charge in [0.15, 0.2) is 11.5 Å². The van der Waals surface area contributed by atoms with Gasteiger partial charge in [0.25, 0.3) is 10.1 Å². The minimum absolute atomic E-state index is 0. The minimum atomic E-state index is -4.59. The van der Waals surface area contributed by atoms with E-state index in [9.17, 15) is 32.0 Å². The number of alkyl halides is 1. The molecule has 0 saturated heterocycles. The van der Waals surface area contributed by atoms with Gasteiger partial charge in [-0.15, -0.1) is 14.6 Å². The number of phenolic OH excluding ortho intramolecular Hbond substituents is 2. The van der Waals surface area contributed by atoms with Crippen molar-refractivity contribution >= 4 is 50.0 Å². The van der Waals surface area contributed by atoms with Crippen molar-refractivity contribution < 1.29 is 63.7 Å². The molecule has 1 heterocycles. The Morgan fingerprint density at radius 3 is 2.30 bits per heavy atom. The quantitative estimate of drug-likeness (QED) is 0.0244. The number of aromatic hydroxyl groups is 2. The predicted octanol–water partition coefficient (Wildman–Crippen LogP) is 5.58. The van der Waals surface area contributed by atoms with Crippen LogP contribution in [0.15, 0.2) is 81.1 Å². The standard InChI is InChI=1S/C17H15N3O8S2.C4H3FN2.CH3F.Cu/c1-18-12-7-10(30(24,25)26)8-13(17(12)22)19-20-15-14(29-28-27-23)6-9-4-2-3-5-11(9)16(15)21;5-4-1-2-6-3-7-4;1-2;/h2-8,18,21-23H,1H3,(H,24,25,26);1-3H;1H3;. The molecule has 5 N–H and O–H groups in total. The van der Waals surface area contributed by atoms with Gasteiger partial charge in [-0.25, -0.2) is 15.2 Å². The van der Waals surface area contributed by atoms with E-state index in [-0.39, 0.29) is 44.8 Å². The Bertz CT molecular complexity index is 1540. The van der Waals surface area contributed by atoms with E-state index in [0.29, 0.717) is 30.0 Å². The molecule has 3 aromatic carbocycles. The molecule has 0 aliphatic rings. The van der Waals surface area contributed by atoms with Gasteiger partial charge in [0.1, 0.15) is 17.7 Å². The fourth-order valence-corrected chi connectivity index (χ4v) is 3.91. The van der Waals surface area contributed by atoms with E-state index in [0.717, 1.165) is 18.5 Å². The molecule has 219 valence electrons. The van der Waals surface area contributed by atoms with Crippen LogP contribution in [0, 0.1) is 5.95 Å². The fourth-order valence-electron chi connectivity index (χ4n) is 2.89. The van der Waals surface area contributed by atoms with Crippen LogP contribution in [-0.2, 0) is 36.6 Å². The first-order chi connectivity index (χ1) is 18.7. The van der Waals surface area contributed by atoms with E-state index in [4.69, 9.17) is 5.26 Å². The van der Waals surface area contributed by atoms with Crippen molar-refractivity contribution in [2.75, 3.05) is 19.5 Å². The third-order valence-electron chi connectivity index (χ3n) is 4.55. The summed E-state index contributed by atoms with van der Waals surface area (Å²) in [7, 11) is -2.65. The Labute approximate surface area is 241 Å². The van der Waals surface area contributed by atoms with Gasteiger partial charge >= 0.3 is 0 Å². The number of benzene rings is 3. The number of halogens is 2. The third kappa shape index (κ3) is 9.32. The Morgan fingerprint density at radius 1 is 1.05 bits per heavy atom. The summed E-state index contributed by atoms with van der Waals surface area (Å²) in [6, 6.07) is 11.5. The van der Waals surface area contributed by atoms with Crippen LogP contribution in [0.25, 0.3) is 10.8 Å². The van der Waals surface area contributed by atoms with E-state index in [1.54, 1.807) is 30.3 Å². The Kier molecular flexibility index (Phi) is 14.3. The molecule has 40 heavy (non-hydrogen) atoms. The molecule has 0 aliphatic carbocycles. The van der Waals surface area contributed by atoms with Gasteiger partial charge < -0.3 is 15.5 Å². The summed E-state index contributed by atoms with van der Waals surface area (Å²) >= 11 is 0.534. The number of rotatable bonds is 7. The number of anilines is 1. The molecular formula is C22H21CuF2N5O8S2. The molecule has 13 nitrogen and oxygen atoms in total. The fraction of sp³-hybridized carbons (Fsp3) is 0.0909. The zero-order valence-corrected chi connectivity index (χ0v) is 22.9. The predicted molar refractivity (Wildman–Crippen MR) is 137 cm³/mol. The van der Waals surface area contributed by atoms with E-state index in [2.05, 4.69) is 34.9 Å². The summed E-state index contributed by atoms with van der Waals surface area (Å²) in [6.45, 7) is 0. The first-order valence-corrected chi connectivity index (χ1v) is 12.5. The molecule has 1 radical (unpaired) electrons. The van der Waals surface area contributed by atoms with Crippen molar-refractivity contribution in [1.29, 1.82) is 0 Å².